The van der Waals surface area contributed by atoms with E-state index in [4.69, 9.17) is 0 Å². The Morgan fingerprint density at radius 2 is 2.13 bits per heavy atom. The van der Waals surface area contributed by atoms with Crippen molar-refractivity contribution in [1.82, 2.24) is 0 Å². The molecule has 2 atom stereocenters. The Morgan fingerprint density at radius 3 is 2.80 bits per heavy atom. The first-order valence-corrected chi connectivity index (χ1v) is 6.49. The lowest BCUT2D eigenvalue weighted by Gasteiger charge is -2.20. The highest BCUT2D eigenvalue weighted by molar-refractivity contribution is 9.10. The van der Waals surface area contributed by atoms with Gasteiger partial charge in [0.05, 0.1) is 0 Å². The van der Waals surface area contributed by atoms with Crippen LogP contribution in [0.15, 0.2) is 22.7 Å². The maximum absolute atomic E-state index is 3.67. The molecule has 1 aliphatic rings. The lowest BCUT2D eigenvalue weighted by Crippen LogP contribution is -2.22. The van der Waals surface area contributed by atoms with Crippen LogP contribution in [0.2, 0.25) is 0 Å². The Kier molecular flexibility index (Phi) is 3.35. The zero-order valence-corrected chi connectivity index (χ0v) is 11.0. The summed E-state index contributed by atoms with van der Waals surface area (Å²) in [4.78, 5) is 0. The Balaban J connectivity index is 2.13. The van der Waals surface area contributed by atoms with E-state index in [1.165, 1.54) is 35.0 Å². The van der Waals surface area contributed by atoms with Crippen molar-refractivity contribution in [2.24, 2.45) is 5.92 Å². The Bertz CT molecular complexity index is 348. The number of halogens is 1. The topological polar surface area (TPSA) is 12.0 Å². The summed E-state index contributed by atoms with van der Waals surface area (Å²) in [6.45, 7) is 4.50. The van der Waals surface area contributed by atoms with Gasteiger partial charge in [-0.1, -0.05) is 35.3 Å². The van der Waals surface area contributed by atoms with E-state index in [2.05, 4.69) is 53.3 Å². The van der Waals surface area contributed by atoms with E-state index in [9.17, 15) is 0 Å². The Morgan fingerprint density at radius 1 is 1.33 bits per heavy atom. The molecule has 0 amide bonds. The van der Waals surface area contributed by atoms with Gasteiger partial charge in [-0.15, -0.1) is 0 Å². The second-order valence-electron chi connectivity index (χ2n) is 4.57. The molecule has 2 heteroatoms. The summed E-state index contributed by atoms with van der Waals surface area (Å²) in [5.41, 5.74) is 2.60. The van der Waals surface area contributed by atoms with Gasteiger partial charge in [-0.2, -0.15) is 0 Å². The smallest absolute Gasteiger partial charge is 0.0383 e. The average molecular weight is 268 g/mol. The second-order valence-corrected chi connectivity index (χ2v) is 5.43. The van der Waals surface area contributed by atoms with Crippen LogP contribution in [-0.2, 0) is 0 Å². The van der Waals surface area contributed by atoms with Gasteiger partial charge in [-0.3, -0.25) is 0 Å². The molecule has 1 aromatic carbocycles. The summed E-state index contributed by atoms with van der Waals surface area (Å²) < 4.78 is 1.19. The largest absolute Gasteiger partial charge is 0.382 e. The number of hydrogen-bond donors (Lipinski definition) is 1. The van der Waals surface area contributed by atoms with Gasteiger partial charge in [-0.25, -0.2) is 0 Å². The molecular formula is C13H18BrN. The van der Waals surface area contributed by atoms with Crippen LogP contribution in [0.25, 0.3) is 0 Å². The van der Waals surface area contributed by atoms with E-state index >= 15 is 0 Å². The quantitative estimate of drug-likeness (QED) is 0.840. The van der Waals surface area contributed by atoms with Crippen molar-refractivity contribution in [3.05, 3.63) is 28.2 Å². The zero-order chi connectivity index (χ0) is 10.8. The van der Waals surface area contributed by atoms with Gasteiger partial charge >= 0.3 is 0 Å². The minimum Gasteiger partial charge on any atom is -0.382 e. The summed E-state index contributed by atoms with van der Waals surface area (Å²) >= 11 is 3.57. The Hall–Kier alpha value is -0.500. The van der Waals surface area contributed by atoms with Crippen molar-refractivity contribution in [3.8, 4) is 0 Å². The SMILES string of the molecule is Cc1c(Br)cccc1NC1CCCC1C. The standard InChI is InChI=1S/C13H18BrN/c1-9-5-3-7-12(9)15-13-8-4-6-11(14)10(13)2/h4,6,8-9,12,15H,3,5,7H2,1-2H3. The lowest BCUT2D eigenvalue weighted by molar-refractivity contribution is 0.556. The predicted molar refractivity (Wildman–Crippen MR) is 69.3 cm³/mol. The second kappa shape index (κ2) is 4.56. The fourth-order valence-electron chi connectivity index (χ4n) is 2.32. The molecule has 82 valence electrons. The first-order valence-electron chi connectivity index (χ1n) is 5.70. The molecule has 0 bridgehead atoms. The van der Waals surface area contributed by atoms with Gasteiger partial charge in [0, 0.05) is 16.2 Å². The molecule has 1 saturated carbocycles. The van der Waals surface area contributed by atoms with Crippen LogP contribution in [-0.4, -0.2) is 6.04 Å². The first kappa shape index (κ1) is 11.0. The molecule has 0 saturated heterocycles. The highest BCUT2D eigenvalue weighted by Gasteiger charge is 2.23. The van der Waals surface area contributed by atoms with Crippen LogP contribution in [0.4, 0.5) is 5.69 Å². The summed E-state index contributed by atoms with van der Waals surface area (Å²) in [7, 11) is 0. The number of hydrogen-bond acceptors (Lipinski definition) is 1. The monoisotopic (exact) mass is 267 g/mol. The van der Waals surface area contributed by atoms with E-state index in [1.54, 1.807) is 0 Å². The number of benzene rings is 1. The Labute approximate surface area is 100 Å². The maximum Gasteiger partial charge on any atom is 0.0383 e. The van der Waals surface area contributed by atoms with Gasteiger partial charge in [0.1, 0.15) is 0 Å². The van der Waals surface area contributed by atoms with Gasteiger partial charge < -0.3 is 5.32 Å². The molecule has 0 radical (unpaired) electrons. The number of nitrogens with one attached hydrogen (secondary N) is 1. The van der Waals surface area contributed by atoms with E-state index in [-0.39, 0.29) is 0 Å². The third-order valence-corrected chi connectivity index (χ3v) is 4.33. The molecular weight excluding hydrogens is 250 g/mol. The van der Waals surface area contributed by atoms with Crippen molar-refractivity contribution in [1.29, 1.82) is 0 Å². The molecule has 0 aromatic heterocycles. The third-order valence-electron chi connectivity index (χ3n) is 3.47. The van der Waals surface area contributed by atoms with Crippen LogP contribution in [0.5, 0.6) is 0 Å². The van der Waals surface area contributed by atoms with E-state index < -0.39 is 0 Å². The number of rotatable bonds is 2. The highest BCUT2D eigenvalue weighted by atomic mass is 79.9. The van der Waals surface area contributed by atoms with E-state index in [0.29, 0.717) is 6.04 Å². The summed E-state index contributed by atoms with van der Waals surface area (Å²) in [5.74, 6) is 0.809. The number of anilines is 1. The van der Waals surface area contributed by atoms with Gasteiger partial charge in [0.25, 0.3) is 0 Å². The van der Waals surface area contributed by atoms with Crippen LogP contribution in [0.3, 0.4) is 0 Å². The van der Waals surface area contributed by atoms with Gasteiger partial charge in [0.15, 0.2) is 0 Å². The third kappa shape index (κ3) is 2.36. The van der Waals surface area contributed by atoms with Gasteiger partial charge in [-0.05, 0) is 43.4 Å². The summed E-state index contributed by atoms with van der Waals surface area (Å²) in [6, 6.07) is 7.03. The van der Waals surface area contributed by atoms with Gasteiger partial charge in [0.2, 0.25) is 0 Å². The minimum atomic E-state index is 0.665. The average Bonchev–Trinajstić information content (AvgIpc) is 2.60. The molecule has 0 spiro atoms. The summed E-state index contributed by atoms with van der Waals surface area (Å²) in [6.07, 6.45) is 4.05. The fourth-order valence-corrected chi connectivity index (χ4v) is 2.69. The molecule has 2 unspecified atom stereocenters. The van der Waals surface area contributed by atoms with Crippen molar-refractivity contribution < 1.29 is 0 Å². The van der Waals surface area contributed by atoms with Crippen LogP contribution < -0.4 is 5.32 Å². The molecule has 15 heavy (non-hydrogen) atoms. The normalized spacial score (nSPS) is 25.5. The van der Waals surface area contributed by atoms with Crippen molar-refractivity contribution >= 4 is 21.6 Å². The lowest BCUT2D eigenvalue weighted by atomic mass is 10.1. The molecule has 1 fully saturated rings. The minimum absolute atomic E-state index is 0.665. The maximum atomic E-state index is 3.67. The fraction of sp³-hybridized carbons (Fsp3) is 0.538. The first-order chi connectivity index (χ1) is 7.18. The van der Waals surface area contributed by atoms with E-state index in [1.807, 2.05) is 0 Å². The van der Waals surface area contributed by atoms with Crippen LogP contribution in [0.1, 0.15) is 31.7 Å². The molecule has 1 aromatic rings. The zero-order valence-electron chi connectivity index (χ0n) is 9.39. The van der Waals surface area contributed by atoms with Crippen LogP contribution in [0, 0.1) is 12.8 Å². The molecule has 0 aliphatic heterocycles. The predicted octanol–water partition coefficient (Wildman–Crippen LogP) is 4.36. The summed E-state index contributed by atoms with van der Waals surface area (Å²) in [5, 5.41) is 3.67. The molecule has 2 rings (SSSR count). The highest BCUT2D eigenvalue weighted by Crippen LogP contribution is 2.30. The molecule has 1 N–H and O–H groups in total. The van der Waals surface area contributed by atoms with Crippen LogP contribution >= 0.6 is 15.9 Å². The van der Waals surface area contributed by atoms with Crippen molar-refractivity contribution in [3.63, 3.8) is 0 Å². The molecule has 1 nitrogen and oxygen atoms in total. The van der Waals surface area contributed by atoms with Crippen molar-refractivity contribution in [2.75, 3.05) is 5.32 Å². The molecule has 1 aliphatic carbocycles. The van der Waals surface area contributed by atoms with Crippen molar-refractivity contribution in [2.45, 2.75) is 39.2 Å². The molecule has 0 heterocycles. The van der Waals surface area contributed by atoms with E-state index in [0.717, 1.165) is 5.92 Å².